The molecule has 0 aliphatic carbocycles. The zero-order valence-corrected chi connectivity index (χ0v) is 14.9. The molecule has 26 heavy (non-hydrogen) atoms. The Balaban J connectivity index is 2.01. The van der Waals surface area contributed by atoms with Gasteiger partial charge in [-0.25, -0.2) is 4.98 Å². The van der Waals surface area contributed by atoms with Crippen LogP contribution in [0.5, 0.6) is 0 Å². The van der Waals surface area contributed by atoms with E-state index in [-0.39, 0.29) is 6.04 Å². The molecule has 0 saturated carbocycles. The van der Waals surface area contributed by atoms with E-state index in [0.717, 1.165) is 23.4 Å². The van der Waals surface area contributed by atoms with E-state index in [1.165, 1.54) is 0 Å². The molecule has 0 amide bonds. The molecule has 0 fully saturated rings. The number of nitriles is 1. The fraction of sp³-hybridized carbons (Fsp3) is 0.190. The Morgan fingerprint density at radius 1 is 1.04 bits per heavy atom. The minimum Gasteiger partial charge on any atom is -0.352 e. The van der Waals surface area contributed by atoms with E-state index in [2.05, 4.69) is 40.5 Å². The summed E-state index contributed by atoms with van der Waals surface area (Å²) in [4.78, 5) is 9.22. The number of benzene rings is 2. The Bertz CT molecular complexity index is 915. The Morgan fingerprint density at radius 3 is 2.50 bits per heavy atom. The van der Waals surface area contributed by atoms with E-state index in [0.29, 0.717) is 17.3 Å². The van der Waals surface area contributed by atoms with Crippen molar-refractivity contribution in [1.82, 2.24) is 9.97 Å². The highest BCUT2D eigenvalue weighted by molar-refractivity contribution is 5.70. The van der Waals surface area contributed by atoms with Gasteiger partial charge in [-0.05, 0) is 25.5 Å². The first-order chi connectivity index (χ1) is 12.7. The molecule has 1 heterocycles. The van der Waals surface area contributed by atoms with Gasteiger partial charge in [0.05, 0.1) is 16.9 Å². The van der Waals surface area contributed by atoms with Crippen molar-refractivity contribution >= 4 is 17.5 Å². The van der Waals surface area contributed by atoms with Crippen LogP contribution < -0.4 is 10.6 Å². The van der Waals surface area contributed by atoms with Crippen molar-refractivity contribution < 1.29 is 0 Å². The van der Waals surface area contributed by atoms with Gasteiger partial charge >= 0.3 is 0 Å². The Morgan fingerprint density at radius 2 is 1.77 bits per heavy atom. The zero-order chi connectivity index (χ0) is 18.4. The van der Waals surface area contributed by atoms with Gasteiger partial charge in [-0.1, -0.05) is 49.4 Å². The SMILES string of the molecule is CCC(C)Nc1nc(Nc2ccccc2C#N)cc(-c2ccccc2)n1. The molecule has 2 N–H and O–H groups in total. The molecule has 0 radical (unpaired) electrons. The number of nitrogens with zero attached hydrogens (tertiary/aromatic N) is 3. The highest BCUT2D eigenvalue weighted by atomic mass is 15.2. The Hall–Kier alpha value is -3.39. The second-order valence-electron chi connectivity index (χ2n) is 6.06. The molecule has 130 valence electrons. The van der Waals surface area contributed by atoms with Gasteiger partial charge in [0.25, 0.3) is 0 Å². The van der Waals surface area contributed by atoms with Gasteiger partial charge in [0.15, 0.2) is 0 Å². The first-order valence-corrected chi connectivity index (χ1v) is 8.66. The van der Waals surface area contributed by atoms with Crippen LogP contribution in [0.3, 0.4) is 0 Å². The van der Waals surface area contributed by atoms with Crippen molar-refractivity contribution in [3.8, 4) is 17.3 Å². The molecule has 1 unspecified atom stereocenters. The predicted octanol–water partition coefficient (Wildman–Crippen LogP) is 4.97. The van der Waals surface area contributed by atoms with Gasteiger partial charge in [-0.2, -0.15) is 10.2 Å². The highest BCUT2D eigenvalue weighted by Gasteiger charge is 2.10. The average molecular weight is 343 g/mol. The van der Waals surface area contributed by atoms with Crippen molar-refractivity contribution in [2.75, 3.05) is 10.6 Å². The second kappa shape index (κ2) is 8.13. The highest BCUT2D eigenvalue weighted by Crippen LogP contribution is 2.25. The molecule has 0 aliphatic rings. The van der Waals surface area contributed by atoms with Crippen LogP contribution in [-0.4, -0.2) is 16.0 Å². The number of hydrogen-bond donors (Lipinski definition) is 2. The molecular weight excluding hydrogens is 322 g/mol. The van der Waals surface area contributed by atoms with Crippen LogP contribution in [-0.2, 0) is 0 Å². The molecule has 1 aromatic heterocycles. The number of nitrogens with one attached hydrogen (secondary N) is 2. The molecule has 0 saturated heterocycles. The Labute approximate surface area is 153 Å². The minimum atomic E-state index is 0.264. The standard InChI is InChI=1S/C21H21N5/c1-3-15(2)23-21-25-19(16-9-5-4-6-10-16)13-20(26-21)24-18-12-8-7-11-17(18)14-22/h4-13,15H,3H2,1-2H3,(H2,23,24,25,26). The summed E-state index contributed by atoms with van der Waals surface area (Å²) in [6.45, 7) is 4.21. The number of rotatable bonds is 6. The minimum absolute atomic E-state index is 0.264. The number of hydrogen-bond acceptors (Lipinski definition) is 5. The van der Waals surface area contributed by atoms with E-state index in [1.807, 2.05) is 54.6 Å². The second-order valence-corrected chi connectivity index (χ2v) is 6.06. The lowest BCUT2D eigenvalue weighted by Gasteiger charge is -2.15. The van der Waals surface area contributed by atoms with E-state index >= 15 is 0 Å². The lowest BCUT2D eigenvalue weighted by molar-refractivity contribution is 0.753. The van der Waals surface area contributed by atoms with Gasteiger partial charge in [0.1, 0.15) is 11.9 Å². The molecule has 0 spiro atoms. The lowest BCUT2D eigenvalue weighted by Crippen LogP contribution is -2.16. The quantitative estimate of drug-likeness (QED) is 0.661. The largest absolute Gasteiger partial charge is 0.352 e. The maximum absolute atomic E-state index is 9.30. The van der Waals surface area contributed by atoms with Crippen molar-refractivity contribution in [3.05, 3.63) is 66.2 Å². The monoisotopic (exact) mass is 343 g/mol. The topological polar surface area (TPSA) is 73.6 Å². The van der Waals surface area contributed by atoms with Crippen LogP contribution in [0, 0.1) is 11.3 Å². The number of aromatic nitrogens is 2. The van der Waals surface area contributed by atoms with Crippen molar-refractivity contribution in [2.24, 2.45) is 0 Å². The van der Waals surface area contributed by atoms with Crippen molar-refractivity contribution in [2.45, 2.75) is 26.3 Å². The number of para-hydroxylation sites is 1. The van der Waals surface area contributed by atoms with Gasteiger partial charge < -0.3 is 10.6 Å². The third-order valence-corrected chi connectivity index (χ3v) is 4.09. The lowest BCUT2D eigenvalue weighted by atomic mass is 10.1. The molecule has 3 aromatic rings. The summed E-state index contributed by atoms with van der Waals surface area (Å²) < 4.78 is 0. The third kappa shape index (κ3) is 4.17. The summed E-state index contributed by atoms with van der Waals surface area (Å²) in [7, 11) is 0. The van der Waals surface area contributed by atoms with E-state index in [9.17, 15) is 5.26 Å². The number of anilines is 3. The predicted molar refractivity (Wildman–Crippen MR) is 105 cm³/mol. The first kappa shape index (κ1) is 17.4. The maximum atomic E-state index is 9.30. The van der Waals surface area contributed by atoms with Crippen molar-refractivity contribution in [3.63, 3.8) is 0 Å². The summed E-state index contributed by atoms with van der Waals surface area (Å²) in [5.74, 6) is 1.21. The van der Waals surface area contributed by atoms with Crippen LogP contribution >= 0.6 is 0 Å². The summed E-state index contributed by atoms with van der Waals surface area (Å²) in [5, 5.41) is 15.9. The van der Waals surface area contributed by atoms with Crippen molar-refractivity contribution in [1.29, 1.82) is 5.26 Å². The first-order valence-electron chi connectivity index (χ1n) is 8.66. The van der Waals surface area contributed by atoms with Gasteiger partial charge in [-0.3, -0.25) is 0 Å². The van der Waals surface area contributed by atoms with Gasteiger partial charge in [0.2, 0.25) is 5.95 Å². The normalized spacial score (nSPS) is 11.4. The fourth-order valence-corrected chi connectivity index (χ4v) is 2.48. The van der Waals surface area contributed by atoms with E-state index in [4.69, 9.17) is 0 Å². The third-order valence-electron chi connectivity index (χ3n) is 4.09. The summed E-state index contributed by atoms with van der Waals surface area (Å²) >= 11 is 0. The molecular formula is C21H21N5. The summed E-state index contributed by atoms with van der Waals surface area (Å²) in [6.07, 6.45) is 0.971. The molecule has 0 bridgehead atoms. The van der Waals surface area contributed by atoms with Crippen LogP contribution in [0.15, 0.2) is 60.7 Å². The smallest absolute Gasteiger partial charge is 0.225 e. The summed E-state index contributed by atoms with van der Waals surface area (Å²) in [6, 6.07) is 21.7. The van der Waals surface area contributed by atoms with Crippen LogP contribution in [0.2, 0.25) is 0 Å². The van der Waals surface area contributed by atoms with E-state index in [1.54, 1.807) is 6.07 Å². The maximum Gasteiger partial charge on any atom is 0.225 e. The molecule has 5 nitrogen and oxygen atoms in total. The van der Waals surface area contributed by atoms with Gasteiger partial charge in [-0.15, -0.1) is 0 Å². The molecule has 2 aromatic carbocycles. The van der Waals surface area contributed by atoms with Crippen LogP contribution in [0.25, 0.3) is 11.3 Å². The molecule has 5 heteroatoms. The molecule has 0 aliphatic heterocycles. The molecule has 1 atom stereocenters. The summed E-state index contributed by atoms with van der Waals surface area (Å²) in [5.41, 5.74) is 3.13. The van der Waals surface area contributed by atoms with Gasteiger partial charge in [0, 0.05) is 17.7 Å². The van der Waals surface area contributed by atoms with Crippen LogP contribution in [0.1, 0.15) is 25.8 Å². The molecule has 3 rings (SSSR count). The zero-order valence-electron chi connectivity index (χ0n) is 14.9. The van der Waals surface area contributed by atoms with Crippen LogP contribution in [0.4, 0.5) is 17.5 Å². The Kier molecular flexibility index (Phi) is 5.45. The fourth-order valence-electron chi connectivity index (χ4n) is 2.48. The van der Waals surface area contributed by atoms with E-state index < -0.39 is 0 Å². The average Bonchev–Trinajstić information content (AvgIpc) is 2.69.